The number of amides is 1. The highest BCUT2D eigenvalue weighted by atomic mass is 16.2. The van der Waals surface area contributed by atoms with Crippen LogP contribution in [0.15, 0.2) is 6.20 Å². The number of likely N-dealkylation sites (tertiary alicyclic amines) is 1. The minimum atomic E-state index is -0.0881. The summed E-state index contributed by atoms with van der Waals surface area (Å²) in [5.74, 6) is 1.35. The van der Waals surface area contributed by atoms with Gasteiger partial charge in [-0.2, -0.15) is 15.4 Å². The molecule has 2 N–H and O–H groups in total. The van der Waals surface area contributed by atoms with Crippen LogP contribution in [0, 0.1) is 11.8 Å². The Kier molecular flexibility index (Phi) is 3.86. The second-order valence-corrected chi connectivity index (χ2v) is 7.18. The molecule has 0 bridgehead atoms. The first-order valence-corrected chi connectivity index (χ1v) is 8.72. The van der Waals surface area contributed by atoms with Crippen LogP contribution in [-0.2, 0) is 0 Å². The SMILES string of the molecule is O=C(N[C@H]1CN(C2CCCCC2)C[C@@H]1C1CC1)c1cn[nH]n1. The second-order valence-electron chi connectivity index (χ2n) is 7.18. The van der Waals surface area contributed by atoms with Gasteiger partial charge in [0.05, 0.1) is 6.20 Å². The van der Waals surface area contributed by atoms with Crippen LogP contribution in [0.25, 0.3) is 0 Å². The van der Waals surface area contributed by atoms with Crippen molar-refractivity contribution in [1.29, 1.82) is 0 Å². The van der Waals surface area contributed by atoms with Gasteiger partial charge in [-0.15, -0.1) is 0 Å². The molecule has 0 unspecified atom stereocenters. The van der Waals surface area contributed by atoms with Crippen molar-refractivity contribution in [3.05, 3.63) is 11.9 Å². The van der Waals surface area contributed by atoms with E-state index in [2.05, 4.69) is 25.6 Å². The summed E-state index contributed by atoms with van der Waals surface area (Å²) in [5, 5.41) is 13.3. The van der Waals surface area contributed by atoms with Gasteiger partial charge < -0.3 is 5.32 Å². The molecule has 1 aromatic rings. The molecule has 1 saturated heterocycles. The third-order valence-electron chi connectivity index (χ3n) is 5.68. The maximum Gasteiger partial charge on any atom is 0.273 e. The fourth-order valence-electron chi connectivity index (χ4n) is 4.31. The maximum atomic E-state index is 12.3. The lowest BCUT2D eigenvalue weighted by Crippen LogP contribution is -2.42. The molecule has 0 radical (unpaired) electrons. The predicted octanol–water partition coefficient (Wildman–Crippen LogP) is 1.58. The smallest absolute Gasteiger partial charge is 0.273 e. The lowest BCUT2D eigenvalue weighted by Gasteiger charge is -2.31. The molecule has 120 valence electrons. The van der Waals surface area contributed by atoms with Crippen molar-refractivity contribution in [2.24, 2.45) is 11.8 Å². The average molecular weight is 303 g/mol. The topological polar surface area (TPSA) is 73.9 Å². The number of nitrogens with zero attached hydrogens (tertiary/aromatic N) is 3. The van der Waals surface area contributed by atoms with E-state index in [0.717, 1.165) is 18.5 Å². The quantitative estimate of drug-likeness (QED) is 0.885. The summed E-state index contributed by atoms with van der Waals surface area (Å²) in [7, 11) is 0. The Morgan fingerprint density at radius 1 is 1.18 bits per heavy atom. The minimum absolute atomic E-state index is 0.0881. The van der Waals surface area contributed by atoms with Crippen molar-refractivity contribution in [1.82, 2.24) is 25.6 Å². The van der Waals surface area contributed by atoms with Gasteiger partial charge in [-0.3, -0.25) is 9.69 Å². The van der Waals surface area contributed by atoms with E-state index in [9.17, 15) is 4.79 Å². The Morgan fingerprint density at radius 3 is 2.68 bits per heavy atom. The number of aromatic nitrogens is 3. The van der Waals surface area contributed by atoms with E-state index < -0.39 is 0 Å². The molecule has 4 rings (SSSR count). The van der Waals surface area contributed by atoms with Gasteiger partial charge in [0.15, 0.2) is 5.69 Å². The number of aromatic amines is 1. The Hall–Kier alpha value is -1.43. The Morgan fingerprint density at radius 2 is 2.00 bits per heavy atom. The zero-order valence-corrected chi connectivity index (χ0v) is 13.0. The Balaban J connectivity index is 1.42. The van der Waals surface area contributed by atoms with Crippen LogP contribution in [0.4, 0.5) is 0 Å². The van der Waals surface area contributed by atoms with E-state index >= 15 is 0 Å². The molecule has 2 atom stereocenters. The molecular formula is C16H25N5O. The van der Waals surface area contributed by atoms with Crippen LogP contribution in [0.2, 0.25) is 0 Å². The van der Waals surface area contributed by atoms with Gasteiger partial charge in [0.2, 0.25) is 0 Å². The van der Waals surface area contributed by atoms with Crippen LogP contribution in [0.5, 0.6) is 0 Å². The summed E-state index contributed by atoms with van der Waals surface area (Å²) in [4.78, 5) is 14.9. The maximum absolute atomic E-state index is 12.3. The normalized spacial score (nSPS) is 30.5. The van der Waals surface area contributed by atoms with Gasteiger partial charge >= 0.3 is 0 Å². The van der Waals surface area contributed by atoms with Crippen molar-refractivity contribution in [2.75, 3.05) is 13.1 Å². The average Bonchev–Trinajstić information content (AvgIpc) is 3.09. The molecule has 2 saturated carbocycles. The first-order chi connectivity index (χ1) is 10.8. The van der Waals surface area contributed by atoms with E-state index in [-0.39, 0.29) is 11.9 Å². The van der Waals surface area contributed by atoms with Crippen LogP contribution in [0.3, 0.4) is 0 Å². The summed E-state index contributed by atoms with van der Waals surface area (Å²) in [5.41, 5.74) is 0.394. The van der Waals surface area contributed by atoms with Gasteiger partial charge in [0.1, 0.15) is 0 Å². The van der Waals surface area contributed by atoms with Gasteiger partial charge in [-0.05, 0) is 37.5 Å². The largest absolute Gasteiger partial charge is 0.346 e. The molecule has 2 aliphatic carbocycles. The number of carbonyl (C=O) groups is 1. The van der Waals surface area contributed by atoms with E-state index in [0.29, 0.717) is 11.6 Å². The molecule has 1 amide bonds. The highest BCUT2D eigenvalue weighted by Gasteiger charge is 2.44. The molecule has 1 aliphatic heterocycles. The molecular weight excluding hydrogens is 278 g/mol. The molecule has 3 fully saturated rings. The van der Waals surface area contributed by atoms with E-state index in [4.69, 9.17) is 0 Å². The van der Waals surface area contributed by atoms with Crippen molar-refractivity contribution in [2.45, 2.75) is 57.0 Å². The molecule has 2 heterocycles. The number of nitrogens with one attached hydrogen (secondary N) is 2. The standard InChI is InChI=1S/C16H25N5O/c22-16(14-8-17-20-19-14)18-15-10-21(9-13(15)11-6-7-11)12-4-2-1-3-5-12/h8,11-13,15H,1-7,9-10H2,(H,18,22)(H,17,19,20)/t13-,15+/m1/s1. The predicted molar refractivity (Wildman–Crippen MR) is 82.3 cm³/mol. The summed E-state index contributed by atoms with van der Waals surface area (Å²) in [6, 6.07) is 1.02. The molecule has 6 nitrogen and oxygen atoms in total. The minimum Gasteiger partial charge on any atom is -0.346 e. The van der Waals surface area contributed by atoms with Crippen LogP contribution < -0.4 is 5.32 Å². The highest BCUT2D eigenvalue weighted by Crippen LogP contribution is 2.42. The van der Waals surface area contributed by atoms with Gasteiger partial charge in [0.25, 0.3) is 5.91 Å². The third-order valence-corrected chi connectivity index (χ3v) is 5.68. The van der Waals surface area contributed by atoms with E-state index in [1.54, 1.807) is 0 Å². The summed E-state index contributed by atoms with van der Waals surface area (Å²) in [6.07, 6.45) is 11.0. The zero-order valence-electron chi connectivity index (χ0n) is 13.0. The van der Waals surface area contributed by atoms with Gasteiger partial charge in [-0.1, -0.05) is 19.3 Å². The van der Waals surface area contributed by atoms with Crippen LogP contribution in [0.1, 0.15) is 55.4 Å². The molecule has 0 spiro atoms. The number of hydrogen-bond acceptors (Lipinski definition) is 4. The fraction of sp³-hybridized carbons (Fsp3) is 0.812. The van der Waals surface area contributed by atoms with Crippen molar-refractivity contribution < 1.29 is 4.79 Å². The van der Waals surface area contributed by atoms with E-state index in [1.165, 1.54) is 57.7 Å². The monoisotopic (exact) mass is 303 g/mol. The van der Waals surface area contributed by atoms with Gasteiger partial charge in [0, 0.05) is 25.2 Å². The summed E-state index contributed by atoms with van der Waals surface area (Å²) in [6.45, 7) is 2.18. The highest BCUT2D eigenvalue weighted by molar-refractivity contribution is 5.92. The molecule has 22 heavy (non-hydrogen) atoms. The first kappa shape index (κ1) is 14.2. The second kappa shape index (κ2) is 5.99. The van der Waals surface area contributed by atoms with Crippen molar-refractivity contribution >= 4 is 5.91 Å². The van der Waals surface area contributed by atoms with Crippen LogP contribution >= 0.6 is 0 Å². The fourth-order valence-corrected chi connectivity index (χ4v) is 4.31. The summed E-state index contributed by atoms with van der Waals surface area (Å²) >= 11 is 0. The number of rotatable bonds is 4. The van der Waals surface area contributed by atoms with Crippen LogP contribution in [-0.4, -0.2) is 51.4 Å². The van der Waals surface area contributed by atoms with E-state index in [1.807, 2.05) is 0 Å². The summed E-state index contributed by atoms with van der Waals surface area (Å²) < 4.78 is 0. The van der Waals surface area contributed by atoms with Crippen molar-refractivity contribution in [3.8, 4) is 0 Å². The Labute approximate surface area is 131 Å². The number of hydrogen-bond donors (Lipinski definition) is 2. The van der Waals surface area contributed by atoms with Gasteiger partial charge in [-0.25, -0.2) is 0 Å². The zero-order chi connectivity index (χ0) is 14.9. The molecule has 1 aromatic heterocycles. The third kappa shape index (κ3) is 2.89. The lowest BCUT2D eigenvalue weighted by atomic mass is 9.94. The number of carbonyl (C=O) groups excluding carboxylic acids is 1. The molecule has 6 heteroatoms. The molecule has 0 aromatic carbocycles. The lowest BCUT2D eigenvalue weighted by molar-refractivity contribution is 0.0921. The number of H-pyrrole nitrogens is 1. The molecule has 3 aliphatic rings. The Bertz CT molecular complexity index is 507. The van der Waals surface area contributed by atoms with Crippen molar-refractivity contribution in [3.63, 3.8) is 0 Å². The first-order valence-electron chi connectivity index (χ1n) is 8.72.